The van der Waals surface area contributed by atoms with Gasteiger partial charge in [0.25, 0.3) is 5.91 Å². The Kier molecular flexibility index (Phi) is 20.7. The lowest BCUT2D eigenvalue weighted by Crippen LogP contribution is -2.82. The number of carbonyl (C=O) groups is 8. The van der Waals surface area contributed by atoms with Crippen molar-refractivity contribution >= 4 is 75.2 Å². The molecule has 4 aromatic rings. The molecule has 6 N–H and O–H groups in total. The fraction of sp³-hybridized carbons (Fsp3) is 0.484. The largest absolute Gasteiger partial charge is 0.508 e. The summed E-state index contributed by atoms with van der Waals surface area (Å²) in [4.78, 5) is 129. The third-order valence-corrected chi connectivity index (χ3v) is 19.8. The van der Waals surface area contributed by atoms with Gasteiger partial charge in [0.2, 0.25) is 6.23 Å². The molecular formula is C62H68F2N4O22S2. The van der Waals surface area contributed by atoms with Crippen LogP contribution in [0.1, 0.15) is 92.9 Å². The molecule has 494 valence electrons. The predicted molar refractivity (Wildman–Crippen MR) is 318 cm³/mol. The lowest BCUT2D eigenvalue weighted by molar-refractivity contribution is -0.346. The molecule has 14 atom stereocenters. The van der Waals surface area contributed by atoms with Gasteiger partial charge in [-0.1, -0.05) is 102 Å². The first-order chi connectivity index (χ1) is 43.6. The number of nitrogens with one attached hydrogen (secondary N) is 2. The second-order valence-electron chi connectivity index (χ2n) is 23.3. The van der Waals surface area contributed by atoms with Crippen molar-refractivity contribution in [3.8, 4) is 0 Å². The number of aromatic nitrogens is 2. The van der Waals surface area contributed by atoms with Crippen LogP contribution in [0.2, 0.25) is 0 Å². The molecule has 26 nitrogen and oxygen atoms in total. The van der Waals surface area contributed by atoms with E-state index in [0.717, 1.165) is 26.1 Å². The van der Waals surface area contributed by atoms with E-state index in [2.05, 4.69) is 15.6 Å². The fourth-order valence-electron chi connectivity index (χ4n) is 12.8. The Morgan fingerprint density at radius 3 is 2.02 bits per heavy atom. The predicted octanol–water partition coefficient (Wildman–Crippen LogP) is 4.97. The summed E-state index contributed by atoms with van der Waals surface area (Å²) in [5.41, 5.74) is -9.54. The molecule has 4 fully saturated rings. The molecule has 3 heterocycles. The summed E-state index contributed by atoms with van der Waals surface area (Å²) in [6.07, 6.45) is -19.6. The molecule has 2 saturated heterocycles. The molecule has 2 saturated carbocycles. The van der Waals surface area contributed by atoms with Crippen LogP contribution in [0, 0.1) is 16.7 Å². The zero-order chi connectivity index (χ0) is 66.7. The SMILES string of the molecule is CC(=O)O[C@H]1C(=O)[C@]2(C)[C@@H](OC(=O)OCCSSCCOC(=O)Nc3ccn(C4OC(CO)C(O)C4(F)F)c(=O)n3)CC3OC[C@@]3(OC(C)=O)[C@H]2[C@H](OC(=O)c2ccccc2)[C@]2(O)C[C@H](OC(=O)[C@H](O)[C@@H](NC(=O)c3ccccc3)c3ccccc3)C(C)=C1C2(C)C. The number of alkyl halides is 2. The number of Topliss-reactive ketones (excluding diaryl/α,β-unsaturated/α-hetero) is 1. The van der Waals surface area contributed by atoms with Gasteiger partial charge >= 0.3 is 47.7 Å². The number of fused-ring (bicyclic) bond motifs is 5. The van der Waals surface area contributed by atoms with Crippen molar-refractivity contribution in [2.75, 3.05) is 43.3 Å². The Balaban J connectivity index is 0.957. The number of carbonyl (C=O) groups excluding carboxylic acids is 8. The third kappa shape index (κ3) is 13.4. The van der Waals surface area contributed by atoms with Crippen molar-refractivity contribution in [2.45, 2.75) is 133 Å². The first-order valence-corrected chi connectivity index (χ1v) is 31.5. The molecule has 30 heteroatoms. The van der Waals surface area contributed by atoms with Crippen molar-refractivity contribution in [1.29, 1.82) is 0 Å². The van der Waals surface area contributed by atoms with Gasteiger partial charge in [-0.25, -0.2) is 24.0 Å². The second kappa shape index (κ2) is 27.8. The Morgan fingerprint density at radius 2 is 1.45 bits per heavy atom. The molecule has 5 aliphatic rings. The van der Waals surface area contributed by atoms with E-state index in [1.54, 1.807) is 66.7 Å². The first kappa shape index (κ1) is 68.5. The second-order valence-corrected chi connectivity index (χ2v) is 26.0. The number of anilines is 1. The minimum Gasteiger partial charge on any atom is -0.456 e. The molecule has 2 amide bonds. The van der Waals surface area contributed by atoms with Crippen LogP contribution in [0.25, 0.3) is 0 Å². The smallest absolute Gasteiger partial charge is 0.456 e. The number of aliphatic hydroxyl groups is 4. The maximum Gasteiger partial charge on any atom is 0.508 e. The highest BCUT2D eigenvalue weighted by Crippen LogP contribution is 2.65. The van der Waals surface area contributed by atoms with Gasteiger partial charge in [-0.05, 0) is 60.9 Å². The van der Waals surface area contributed by atoms with E-state index in [4.69, 9.17) is 42.6 Å². The van der Waals surface area contributed by atoms with Crippen molar-refractivity contribution in [3.05, 3.63) is 142 Å². The molecule has 2 aliphatic heterocycles. The number of nitrogens with zero attached hydrogens (tertiary/aromatic N) is 2. The quantitative estimate of drug-likeness (QED) is 0.0211. The van der Waals surface area contributed by atoms with Gasteiger partial charge in [-0.2, -0.15) is 13.8 Å². The Labute approximate surface area is 532 Å². The van der Waals surface area contributed by atoms with Crippen LogP contribution in [0.4, 0.5) is 24.2 Å². The Bertz CT molecular complexity index is 3530. The lowest BCUT2D eigenvalue weighted by Gasteiger charge is -2.67. The Morgan fingerprint density at radius 1 is 0.826 bits per heavy atom. The monoisotopic (exact) mass is 1320 g/mol. The van der Waals surface area contributed by atoms with Crippen LogP contribution in [-0.4, -0.2) is 182 Å². The van der Waals surface area contributed by atoms with Crippen LogP contribution >= 0.6 is 21.6 Å². The van der Waals surface area contributed by atoms with Gasteiger partial charge < -0.3 is 68.4 Å². The van der Waals surface area contributed by atoms with Gasteiger partial charge in [0.05, 0.1) is 36.2 Å². The first-order valence-electron chi connectivity index (χ1n) is 29.0. The van der Waals surface area contributed by atoms with E-state index < -0.39 is 168 Å². The molecule has 3 aromatic carbocycles. The zero-order valence-electron chi connectivity index (χ0n) is 50.4. The summed E-state index contributed by atoms with van der Waals surface area (Å²) in [7, 11) is 2.35. The van der Waals surface area contributed by atoms with Crippen molar-refractivity contribution in [2.24, 2.45) is 16.7 Å². The van der Waals surface area contributed by atoms with Crippen molar-refractivity contribution in [1.82, 2.24) is 14.9 Å². The summed E-state index contributed by atoms with van der Waals surface area (Å²) in [5, 5.41) is 50.1. The number of rotatable bonds is 21. The topological polar surface area (TPSA) is 360 Å². The molecule has 2 bridgehead atoms. The number of hydrogen-bond donors (Lipinski definition) is 6. The molecule has 0 spiro atoms. The number of esters is 4. The summed E-state index contributed by atoms with van der Waals surface area (Å²) in [6, 6.07) is 23.2. The highest BCUT2D eigenvalue weighted by atomic mass is 33.1. The zero-order valence-corrected chi connectivity index (χ0v) is 52.1. The van der Waals surface area contributed by atoms with E-state index in [0.29, 0.717) is 10.1 Å². The minimum atomic E-state index is -3.96. The minimum absolute atomic E-state index is 0.0309. The normalized spacial score (nSPS) is 29.0. The van der Waals surface area contributed by atoms with E-state index in [9.17, 15) is 67.6 Å². The van der Waals surface area contributed by atoms with E-state index >= 15 is 4.79 Å². The molecule has 9 rings (SSSR count). The average Bonchev–Trinajstić information content (AvgIpc) is 0.748. The summed E-state index contributed by atoms with van der Waals surface area (Å²) >= 11 is 0. The highest BCUT2D eigenvalue weighted by molar-refractivity contribution is 8.76. The van der Waals surface area contributed by atoms with Gasteiger partial charge in [-0.3, -0.25) is 29.1 Å². The van der Waals surface area contributed by atoms with Crippen LogP contribution in [0.15, 0.2) is 119 Å². The average molecular weight is 1320 g/mol. The summed E-state index contributed by atoms with van der Waals surface area (Å²) in [5.74, 6) is -11.7. The van der Waals surface area contributed by atoms with E-state index in [1.165, 1.54) is 73.5 Å². The highest BCUT2D eigenvalue weighted by Gasteiger charge is 2.79. The van der Waals surface area contributed by atoms with E-state index in [-0.39, 0.29) is 59.2 Å². The molecule has 4 unspecified atom stereocenters. The standard InChI is InChI=1S/C62H68F2N4O22S2/c1-32-38(86-53(77)45(72)44(35-16-10-7-11-17-35)67-51(75)36-18-12-8-13-19-36)29-61(81)50(89-52(76)37-20-14-9-15-21-37)47-59(6,49(74)46(85-33(2)70)43(32)58(61,4)5)40(28-41-60(47,31-84-41)90-34(3)71)88-57(80)83-25-27-92-91-26-24-82-56(79)66-42-22-23-68(55(78)65-42)54-62(63,64)48(73)39(30-69)87-54/h7-23,38-41,44-48,50,54,69,72-73,81H,24-31H2,1-6H3,(H,67,75)(H,65,66,78,79)/t38-,39?,40-,41?,44-,45+,46+,47-,48?,50-,54?,59+,60-,61+/m0/s1. The van der Waals surface area contributed by atoms with Crippen molar-refractivity contribution < 1.29 is 110 Å². The molecule has 92 heavy (non-hydrogen) atoms. The van der Waals surface area contributed by atoms with Gasteiger partial charge in [0, 0.05) is 55.4 Å². The number of aliphatic hydroxyl groups excluding tert-OH is 3. The van der Waals surface area contributed by atoms with E-state index in [1.807, 2.05) is 0 Å². The maximum atomic E-state index is 16.3. The molecule has 3 aliphatic carbocycles. The van der Waals surface area contributed by atoms with Gasteiger partial charge in [0.15, 0.2) is 29.7 Å². The number of ether oxygens (including phenoxy) is 9. The molecule has 1 aromatic heterocycles. The number of halogens is 2. The number of ketones is 1. The van der Waals surface area contributed by atoms with Crippen LogP contribution in [0.5, 0.6) is 0 Å². The van der Waals surface area contributed by atoms with Crippen LogP contribution in [-0.2, 0) is 61.8 Å². The van der Waals surface area contributed by atoms with Crippen molar-refractivity contribution in [3.63, 3.8) is 0 Å². The Hall–Kier alpha value is -7.84. The number of hydrogen-bond acceptors (Lipinski definition) is 25. The lowest BCUT2D eigenvalue weighted by atomic mass is 9.44. The number of amides is 2. The summed E-state index contributed by atoms with van der Waals surface area (Å²) in [6.45, 7) is 6.00. The maximum absolute atomic E-state index is 16.3. The van der Waals surface area contributed by atoms with Crippen LogP contribution < -0.4 is 16.3 Å². The van der Waals surface area contributed by atoms with Gasteiger partial charge in [0.1, 0.15) is 55.2 Å². The molecule has 0 radical (unpaired) electrons. The molecular weight excluding hydrogens is 1250 g/mol. The van der Waals surface area contributed by atoms with Crippen LogP contribution in [0.3, 0.4) is 0 Å². The fourth-order valence-corrected chi connectivity index (χ4v) is 14.5. The number of benzene rings is 3. The third-order valence-electron chi connectivity index (χ3n) is 17.4. The summed E-state index contributed by atoms with van der Waals surface area (Å²) < 4.78 is 82.3. The van der Waals surface area contributed by atoms with Gasteiger partial charge in [-0.15, -0.1) is 0 Å².